The van der Waals surface area contributed by atoms with Crippen molar-refractivity contribution in [2.45, 2.75) is 51.1 Å². The van der Waals surface area contributed by atoms with E-state index in [0.29, 0.717) is 6.04 Å². The van der Waals surface area contributed by atoms with Gasteiger partial charge in [-0.05, 0) is 31.9 Å². The predicted molar refractivity (Wildman–Crippen MR) is 103 cm³/mol. The van der Waals surface area contributed by atoms with Gasteiger partial charge in [-0.1, -0.05) is 12.8 Å². The van der Waals surface area contributed by atoms with E-state index in [9.17, 15) is 4.79 Å². The Hall–Kier alpha value is -1.76. The monoisotopic (exact) mass is 373 g/mol. The van der Waals surface area contributed by atoms with Crippen molar-refractivity contribution < 1.29 is 4.79 Å². The first-order valence-corrected chi connectivity index (χ1v) is 10.7. The molecule has 0 spiro atoms. The van der Waals surface area contributed by atoms with E-state index >= 15 is 0 Å². The molecule has 3 heterocycles. The van der Waals surface area contributed by atoms with Crippen LogP contribution in [0.2, 0.25) is 0 Å². The first-order chi connectivity index (χ1) is 12.6. The molecule has 0 radical (unpaired) electrons. The first-order valence-electron chi connectivity index (χ1n) is 9.56. The predicted octanol–water partition coefficient (Wildman–Crippen LogP) is 3.36. The number of carbonyl (C=O) groups excluding carboxylic acids is 1. The zero-order valence-electron chi connectivity index (χ0n) is 15.6. The van der Waals surface area contributed by atoms with Crippen LogP contribution in [0.5, 0.6) is 0 Å². The van der Waals surface area contributed by atoms with E-state index in [1.807, 2.05) is 47.7 Å². The van der Waals surface area contributed by atoms with E-state index < -0.39 is 0 Å². The summed E-state index contributed by atoms with van der Waals surface area (Å²) in [7, 11) is 1.93. The highest BCUT2D eigenvalue weighted by Gasteiger charge is 2.31. The summed E-state index contributed by atoms with van der Waals surface area (Å²) in [5.41, 5.74) is 2.90. The highest BCUT2D eigenvalue weighted by Crippen LogP contribution is 2.33. The zero-order chi connectivity index (χ0) is 18.1. The molecule has 1 aliphatic carbocycles. The van der Waals surface area contributed by atoms with Gasteiger partial charge in [-0.3, -0.25) is 14.2 Å². The van der Waals surface area contributed by atoms with Crippen molar-refractivity contribution in [2.24, 2.45) is 7.05 Å². The van der Waals surface area contributed by atoms with Gasteiger partial charge in [0.15, 0.2) is 0 Å². The fourth-order valence-corrected chi connectivity index (χ4v) is 5.31. The van der Waals surface area contributed by atoms with E-state index in [1.54, 1.807) is 6.20 Å². The van der Waals surface area contributed by atoms with Gasteiger partial charge in [-0.2, -0.15) is 22.0 Å². The Kier molecular flexibility index (Phi) is 5.07. The minimum atomic E-state index is 0.0814. The number of hydrogen-bond donors (Lipinski definition) is 0. The second kappa shape index (κ2) is 7.47. The van der Waals surface area contributed by atoms with Crippen molar-refractivity contribution in [2.75, 3.05) is 18.1 Å². The van der Waals surface area contributed by atoms with Crippen LogP contribution in [0.15, 0.2) is 18.6 Å². The van der Waals surface area contributed by atoms with E-state index in [4.69, 9.17) is 0 Å². The van der Waals surface area contributed by atoms with Crippen LogP contribution in [0.4, 0.5) is 0 Å². The average molecular weight is 374 g/mol. The SMILES string of the molecule is Cc1c(C(=O)N2CCCSCC2c2cnn(C)c2)cnn1C1CCCC1. The number of hydrogen-bond acceptors (Lipinski definition) is 4. The maximum Gasteiger partial charge on any atom is 0.257 e. The molecule has 2 aromatic rings. The highest BCUT2D eigenvalue weighted by atomic mass is 32.2. The molecule has 1 saturated heterocycles. The molecule has 6 nitrogen and oxygen atoms in total. The maximum absolute atomic E-state index is 13.4. The van der Waals surface area contributed by atoms with Gasteiger partial charge in [0, 0.05) is 36.8 Å². The molecule has 1 saturated carbocycles. The lowest BCUT2D eigenvalue weighted by Crippen LogP contribution is -2.36. The van der Waals surface area contributed by atoms with E-state index in [2.05, 4.69) is 14.9 Å². The third-order valence-electron chi connectivity index (χ3n) is 5.66. The van der Waals surface area contributed by atoms with E-state index in [1.165, 1.54) is 25.7 Å². The number of carbonyl (C=O) groups is 1. The van der Waals surface area contributed by atoms with Crippen molar-refractivity contribution in [3.63, 3.8) is 0 Å². The lowest BCUT2D eigenvalue weighted by Gasteiger charge is -2.29. The number of nitrogens with zero attached hydrogens (tertiary/aromatic N) is 5. The van der Waals surface area contributed by atoms with E-state index in [0.717, 1.165) is 41.3 Å². The number of aryl methyl sites for hydroxylation is 1. The van der Waals surface area contributed by atoms with Crippen molar-refractivity contribution in [1.82, 2.24) is 24.5 Å². The summed E-state index contributed by atoms with van der Waals surface area (Å²) in [6.45, 7) is 2.84. The lowest BCUT2D eigenvalue weighted by atomic mass is 10.1. The largest absolute Gasteiger partial charge is 0.331 e. The van der Waals surface area contributed by atoms with Gasteiger partial charge in [-0.25, -0.2) is 0 Å². The van der Waals surface area contributed by atoms with Gasteiger partial charge in [0.2, 0.25) is 0 Å². The van der Waals surface area contributed by atoms with Crippen LogP contribution >= 0.6 is 11.8 Å². The first kappa shape index (κ1) is 17.6. The Balaban J connectivity index is 1.62. The molecule has 26 heavy (non-hydrogen) atoms. The van der Waals surface area contributed by atoms with E-state index in [-0.39, 0.29) is 11.9 Å². The number of thioether (sulfide) groups is 1. The third-order valence-corrected chi connectivity index (χ3v) is 6.78. The Morgan fingerprint density at radius 1 is 1.19 bits per heavy atom. The van der Waals surface area contributed by atoms with Crippen molar-refractivity contribution >= 4 is 17.7 Å². The summed E-state index contributed by atoms with van der Waals surface area (Å²) < 4.78 is 3.91. The van der Waals surface area contributed by atoms with Crippen LogP contribution < -0.4 is 0 Å². The molecule has 7 heteroatoms. The van der Waals surface area contributed by atoms with Crippen LogP contribution in [-0.2, 0) is 7.05 Å². The molecule has 2 fully saturated rings. The molecule has 1 amide bonds. The molecule has 1 unspecified atom stereocenters. The molecule has 1 aliphatic heterocycles. The molecule has 0 aromatic carbocycles. The maximum atomic E-state index is 13.4. The summed E-state index contributed by atoms with van der Waals surface area (Å²) in [5.74, 6) is 2.14. The molecule has 1 atom stereocenters. The molecule has 0 bridgehead atoms. The molecule has 2 aliphatic rings. The second-order valence-electron chi connectivity index (χ2n) is 7.42. The standard InChI is InChI=1S/C19H27N5OS/c1-14-17(11-21-24(14)16-6-3-4-7-16)19(25)23-8-5-9-26-13-18(23)15-10-20-22(2)12-15/h10-12,16,18H,3-9,13H2,1-2H3. The van der Waals surface area contributed by atoms with Gasteiger partial charge < -0.3 is 4.90 Å². The minimum absolute atomic E-state index is 0.0814. The smallest absolute Gasteiger partial charge is 0.257 e. The Morgan fingerprint density at radius 3 is 2.73 bits per heavy atom. The number of amides is 1. The summed E-state index contributed by atoms with van der Waals surface area (Å²) in [5, 5.41) is 8.90. The zero-order valence-corrected chi connectivity index (χ0v) is 16.4. The fourth-order valence-electron chi connectivity index (χ4n) is 4.21. The fraction of sp³-hybridized carbons (Fsp3) is 0.632. The van der Waals surface area contributed by atoms with Gasteiger partial charge in [0.1, 0.15) is 0 Å². The topological polar surface area (TPSA) is 56.0 Å². The van der Waals surface area contributed by atoms with Crippen molar-refractivity contribution in [1.29, 1.82) is 0 Å². The number of rotatable bonds is 3. The van der Waals surface area contributed by atoms with Crippen LogP contribution in [0.3, 0.4) is 0 Å². The normalized spacial score (nSPS) is 21.9. The second-order valence-corrected chi connectivity index (χ2v) is 8.57. The molecule has 140 valence electrons. The summed E-state index contributed by atoms with van der Waals surface area (Å²) >= 11 is 1.92. The summed E-state index contributed by atoms with van der Waals surface area (Å²) in [4.78, 5) is 15.5. The van der Waals surface area contributed by atoms with Crippen LogP contribution in [-0.4, -0.2) is 48.4 Å². The Labute approximate surface area is 158 Å². The lowest BCUT2D eigenvalue weighted by molar-refractivity contribution is 0.0697. The molecule has 4 rings (SSSR count). The molecular formula is C19H27N5OS. The molecule has 0 N–H and O–H groups in total. The van der Waals surface area contributed by atoms with Gasteiger partial charge in [-0.15, -0.1) is 0 Å². The molecule has 2 aromatic heterocycles. The van der Waals surface area contributed by atoms with Gasteiger partial charge >= 0.3 is 0 Å². The van der Waals surface area contributed by atoms with Crippen molar-refractivity contribution in [3.05, 3.63) is 35.4 Å². The Bertz CT molecular complexity index is 777. The third kappa shape index (κ3) is 3.29. The summed E-state index contributed by atoms with van der Waals surface area (Å²) in [6, 6.07) is 0.545. The van der Waals surface area contributed by atoms with Crippen LogP contribution in [0.25, 0.3) is 0 Å². The van der Waals surface area contributed by atoms with Crippen molar-refractivity contribution in [3.8, 4) is 0 Å². The van der Waals surface area contributed by atoms with Gasteiger partial charge in [0.05, 0.1) is 30.0 Å². The quantitative estimate of drug-likeness (QED) is 0.828. The van der Waals surface area contributed by atoms with Crippen LogP contribution in [0.1, 0.15) is 65.8 Å². The van der Waals surface area contributed by atoms with Gasteiger partial charge in [0.25, 0.3) is 5.91 Å². The summed E-state index contributed by atoms with van der Waals surface area (Å²) in [6.07, 6.45) is 11.6. The highest BCUT2D eigenvalue weighted by molar-refractivity contribution is 7.99. The minimum Gasteiger partial charge on any atom is -0.331 e. The average Bonchev–Trinajstić information content (AvgIpc) is 3.33. The number of aromatic nitrogens is 4. The molecular weight excluding hydrogens is 346 g/mol. The van der Waals surface area contributed by atoms with Crippen LogP contribution in [0, 0.1) is 6.92 Å². The Morgan fingerprint density at radius 2 is 2.00 bits per heavy atom.